The van der Waals surface area contributed by atoms with Gasteiger partial charge >= 0.3 is 0 Å². The Morgan fingerprint density at radius 3 is 1.01 bits per heavy atom. The van der Waals surface area contributed by atoms with Crippen molar-refractivity contribution in [3.05, 3.63) is 449 Å². The van der Waals surface area contributed by atoms with Gasteiger partial charge in [-0.05, 0) is 224 Å². The van der Waals surface area contributed by atoms with Crippen LogP contribution in [-0.2, 0) is 0 Å². The summed E-state index contributed by atoms with van der Waals surface area (Å²) in [4.78, 5) is 52.7. The monoisotopic (exact) mass is 2120 g/mol. The number of aromatic hydroxyl groups is 2. The number of nitrogens with zero attached hydrogens (tertiary/aromatic N) is 5. The van der Waals surface area contributed by atoms with E-state index in [1.807, 2.05) is 152 Å². The number of H-pyrrole nitrogens is 8. The average molecular weight is 2120 g/mol. The zero-order chi connectivity index (χ0) is 95.7. The minimum atomic E-state index is 0.223. The Balaban J connectivity index is 0.000000105. The van der Waals surface area contributed by atoms with E-state index in [-0.39, 0.29) is 11.5 Å². The minimum Gasteiger partial charge on any atom is -0.508 e. The molecule has 0 spiro atoms. The Hall–Kier alpha value is -16.9. The number of aromatic amines is 8. The lowest BCUT2D eigenvalue weighted by molar-refractivity contribution is 0.414. The van der Waals surface area contributed by atoms with Gasteiger partial charge in [-0.2, -0.15) is 0 Å². The molecule has 25 aromatic rings. The summed E-state index contributed by atoms with van der Waals surface area (Å²) in [6.07, 6.45) is 6.09. The van der Waals surface area contributed by atoms with Gasteiger partial charge in [-0.25, -0.2) is 24.9 Å². The molecule has 20 heteroatoms. The van der Waals surface area contributed by atoms with Crippen LogP contribution in [0.3, 0.4) is 0 Å². The highest BCUT2D eigenvalue weighted by atomic mass is 127. The van der Waals surface area contributed by atoms with Crippen molar-refractivity contribution in [1.29, 1.82) is 0 Å². The second kappa shape index (κ2) is 41.2. The van der Waals surface area contributed by atoms with Gasteiger partial charge in [-0.3, -0.25) is 0 Å². The van der Waals surface area contributed by atoms with Crippen LogP contribution in [0.5, 0.6) is 23.0 Å². The molecule has 0 fully saturated rings. The van der Waals surface area contributed by atoms with E-state index in [0.717, 1.165) is 213 Å². The number of nitrogens with one attached hydrogen (secondary N) is 8. The van der Waals surface area contributed by atoms with Crippen molar-refractivity contribution in [1.82, 2.24) is 64.8 Å². The van der Waals surface area contributed by atoms with Gasteiger partial charge in [0.05, 0.1) is 71.2 Å². The van der Waals surface area contributed by atoms with Gasteiger partial charge in [0.15, 0.2) is 0 Å². The predicted molar refractivity (Wildman–Crippen MR) is 595 cm³/mol. The number of halogens is 3. The molecule has 0 aliphatic rings. The molecular weight excluding hydrogens is 2030 g/mol. The van der Waals surface area contributed by atoms with Crippen molar-refractivity contribution in [3.63, 3.8) is 0 Å². The van der Waals surface area contributed by atoms with Crippen molar-refractivity contribution in [3.8, 4) is 193 Å². The molecule has 10 N–H and O–H groups in total. The number of benzene rings is 17. The van der Waals surface area contributed by atoms with Crippen LogP contribution in [0, 0.1) is 7.14 Å². The van der Waals surface area contributed by atoms with Crippen LogP contribution in [0.2, 0.25) is 0 Å². The molecule has 141 heavy (non-hydrogen) atoms. The first-order valence-corrected chi connectivity index (χ1v) is 48.8. The summed E-state index contributed by atoms with van der Waals surface area (Å²) in [5.41, 5.74) is 28.9. The third-order valence-electron chi connectivity index (χ3n) is 24.7. The zero-order valence-electron chi connectivity index (χ0n) is 76.2. The topological polar surface area (TPSA) is 250 Å². The SMILES string of the molecule is COc1ccc(-c2nc(-c3ccc(O)cc3)[nH]c2-c2ccc(OC)cc2)cc1.Ic1cccc(-c2nc(-c3c[nH]c4ccccc34)[nH]c2-c2cccc(I)c2)c1.Oc1ccc(-c2nc(-c3ccccc3)c(-c3ccc(Br)cc3)[nH]2)cc1.c1ccc(-c2[nH]c(-c3c[nH]c4ccccc34)nc2-c2ccc3ccccc3c2)cc1.c1ccc(-c2nc(-c3c[nH]c4ccccc34)[nH]c2-c2cccc3ccccc23)cc1. The van der Waals surface area contributed by atoms with Gasteiger partial charge in [0.1, 0.15) is 52.1 Å². The fourth-order valence-corrected chi connectivity index (χ4v) is 19.0. The lowest BCUT2D eigenvalue weighted by Crippen LogP contribution is -1.87. The quantitative estimate of drug-likeness (QED) is 0.0389. The highest BCUT2D eigenvalue weighted by Crippen LogP contribution is 2.44. The van der Waals surface area contributed by atoms with E-state index in [2.05, 4.69) is 362 Å². The smallest absolute Gasteiger partial charge is 0.140 e. The Kier molecular flexibility index (Phi) is 26.4. The molecule has 0 aliphatic carbocycles. The summed E-state index contributed by atoms with van der Waals surface area (Å²) >= 11 is 8.18. The predicted octanol–water partition coefficient (Wildman–Crippen LogP) is 32.2. The molecule has 25 rings (SSSR count). The van der Waals surface area contributed by atoms with E-state index < -0.39 is 0 Å². The molecule has 0 atom stereocenters. The summed E-state index contributed by atoms with van der Waals surface area (Å²) in [5, 5.41) is 27.4. The number of phenolic OH excluding ortho intramolecular Hbond substituents is 2. The Morgan fingerprint density at radius 2 is 0.539 bits per heavy atom. The second-order valence-corrected chi connectivity index (χ2v) is 37.0. The molecule has 8 heterocycles. The number of fused-ring (bicyclic) bond motifs is 5. The van der Waals surface area contributed by atoms with E-state index >= 15 is 0 Å². The van der Waals surface area contributed by atoms with Crippen molar-refractivity contribution >= 4 is 115 Å². The molecule has 8 aromatic heterocycles. The van der Waals surface area contributed by atoms with Crippen molar-refractivity contribution in [2.75, 3.05) is 14.2 Å². The minimum absolute atomic E-state index is 0.223. The summed E-state index contributed by atoms with van der Waals surface area (Å²) in [5.74, 6) is 6.18. The maximum absolute atomic E-state index is 9.56. The first kappa shape index (κ1) is 90.5. The maximum atomic E-state index is 9.56. The third-order valence-corrected chi connectivity index (χ3v) is 26.5. The van der Waals surface area contributed by atoms with E-state index in [1.165, 1.54) is 34.1 Å². The number of aromatic nitrogens is 13. The molecule has 0 saturated heterocycles. The number of hydrogen-bond donors (Lipinski definition) is 10. The van der Waals surface area contributed by atoms with E-state index in [1.54, 1.807) is 38.5 Å². The molecule has 0 amide bonds. The molecule has 17 aromatic carbocycles. The molecule has 682 valence electrons. The lowest BCUT2D eigenvalue weighted by Gasteiger charge is -2.07. The maximum Gasteiger partial charge on any atom is 0.140 e. The highest BCUT2D eigenvalue weighted by molar-refractivity contribution is 14.1. The number of para-hydroxylation sites is 3. The van der Waals surface area contributed by atoms with Crippen LogP contribution in [0.15, 0.2) is 442 Å². The molecular formula is C121H88BrI2N13O4. The lowest BCUT2D eigenvalue weighted by atomic mass is 9.99. The fraction of sp³-hybridized carbons (Fsp3) is 0.0165. The Labute approximate surface area is 848 Å². The van der Waals surface area contributed by atoms with Gasteiger partial charge in [0.25, 0.3) is 0 Å². The Morgan fingerprint density at radius 1 is 0.234 bits per heavy atom. The number of rotatable bonds is 17. The van der Waals surface area contributed by atoms with E-state index in [9.17, 15) is 10.2 Å². The van der Waals surface area contributed by atoms with Gasteiger partial charge in [-0.1, -0.05) is 277 Å². The van der Waals surface area contributed by atoms with E-state index in [0.29, 0.717) is 0 Å². The summed E-state index contributed by atoms with van der Waals surface area (Å²) < 4.78 is 14.0. The fourth-order valence-electron chi connectivity index (χ4n) is 17.6. The van der Waals surface area contributed by atoms with Crippen molar-refractivity contribution in [2.45, 2.75) is 0 Å². The van der Waals surface area contributed by atoms with Crippen LogP contribution >= 0.6 is 61.1 Å². The molecule has 0 aliphatic heterocycles. The van der Waals surface area contributed by atoms with Crippen LogP contribution in [0.4, 0.5) is 0 Å². The first-order valence-electron chi connectivity index (χ1n) is 45.8. The number of phenols is 2. The van der Waals surface area contributed by atoms with Crippen molar-refractivity contribution in [2.24, 2.45) is 0 Å². The van der Waals surface area contributed by atoms with Gasteiger partial charge in [-0.15, -0.1) is 0 Å². The van der Waals surface area contributed by atoms with Crippen LogP contribution < -0.4 is 9.47 Å². The molecule has 0 unspecified atom stereocenters. The zero-order valence-corrected chi connectivity index (χ0v) is 82.1. The van der Waals surface area contributed by atoms with Gasteiger partial charge < -0.3 is 59.6 Å². The normalized spacial score (nSPS) is 11.1. The van der Waals surface area contributed by atoms with Crippen LogP contribution in [0.25, 0.3) is 224 Å². The number of imidazole rings is 5. The Bertz CT molecular complexity index is 8550. The van der Waals surface area contributed by atoms with Crippen molar-refractivity contribution < 1.29 is 19.7 Å². The van der Waals surface area contributed by atoms with Crippen LogP contribution in [-0.4, -0.2) is 89.2 Å². The third kappa shape index (κ3) is 19.8. The first-order chi connectivity index (χ1) is 69.3. The molecule has 0 radical (unpaired) electrons. The molecule has 17 nitrogen and oxygen atoms in total. The van der Waals surface area contributed by atoms with Crippen LogP contribution in [0.1, 0.15) is 0 Å². The molecule has 0 bridgehead atoms. The largest absolute Gasteiger partial charge is 0.508 e. The number of ether oxygens (including phenoxy) is 2. The summed E-state index contributed by atoms with van der Waals surface area (Å²) in [7, 11) is 3.30. The number of methoxy groups -OCH3 is 2. The number of hydrogen-bond acceptors (Lipinski definition) is 9. The van der Waals surface area contributed by atoms with Gasteiger partial charge in [0.2, 0.25) is 0 Å². The summed E-state index contributed by atoms with van der Waals surface area (Å²) in [6.45, 7) is 0. The van der Waals surface area contributed by atoms with Gasteiger partial charge in [0, 0.05) is 146 Å². The average Bonchev–Trinajstić information content (AvgIpc) is 1.62. The highest BCUT2D eigenvalue weighted by Gasteiger charge is 2.25. The van der Waals surface area contributed by atoms with E-state index in [4.69, 9.17) is 34.4 Å². The standard InChI is InChI=1S/2C27H19N3.C23H15I2N3.C23H20N2O3.C21H15BrN2O/c1-2-10-19(11-3-1)25-26(22-15-8-12-18-9-4-5-13-20(18)22)30-27(29-25)23-17-28-24-16-7-6-14-21(23)24;1-2-9-19(10-3-1)25-26(21-15-14-18-8-4-5-11-20(18)16-21)30-27(29-25)23-17-28-24-13-7-6-12-22(23)24;24-16-7-3-5-14(11-16)21-22(15-6-4-8-17(25)12-15)28-23(27-21)19-13-26-20-10-2-1-9-18(19)20;1-27-19-11-5-15(6-12-19)21-22(16-7-13-20(28-2)14-8-16)25-23(24-21)17-3-9-18(26)10-4-17;22-17-10-6-15(7-11-17)20-19(14-4-2-1-3-5-14)23-21(24-20)16-8-12-18(25)13-9-16/h2*1-17,28H,(H,29,30);1-13,26H,(H,27,28);3-14,26H,1-2H3,(H,24,25);1-13,25H,(H,23,24). The second-order valence-electron chi connectivity index (χ2n) is 33.6. The summed E-state index contributed by atoms with van der Waals surface area (Å²) in [6, 6.07) is 141. The molecule has 0 saturated carbocycles.